The second-order valence-corrected chi connectivity index (χ2v) is 15.0. The van der Waals surface area contributed by atoms with Gasteiger partial charge >= 0.3 is 257 Å². The molecular formula is C32H38O10Se. The van der Waals surface area contributed by atoms with Gasteiger partial charge in [0.05, 0.1) is 0 Å². The van der Waals surface area contributed by atoms with Gasteiger partial charge in [-0.05, 0) is 0 Å². The molecule has 10 atom stereocenters. The van der Waals surface area contributed by atoms with Crippen molar-refractivity contribution in [3.8, 4) is 0 Å². The molecule has 4 fully saturated rings. The Kier molecular flexibility index (Phi) is 8.62. The monoisotopic (exact) mass is 662 g/mol. The van der Waals surface area contributed by atoms with Crippen LogP contribution < -0.4 is 4.46 Å². The molecule has 0 radical (unpaired) electrons. The molecule has 3 saturated carbocycles. The third kappa shape index (κ3) is 5.43. The molecule has 1 aliphatic heterocycles. The first kappa shape index (κ1) is 31.4. The van der Waals surface area contributed by atoms with Crippen molar-refractivity contribution in [3.05, 3.63) is 30.3 Å². The molecule has 0 spiro atoms. The number of rotatable bonds is 7. The Hall–Kier alpha value is -3.04. The van der Waals surface area contributed by atoms with Crippen molar-refractivity contribution in [2.24, 2.45) is 34.5 Å². The number of carbonyl (C=O) groups is 6. The SMILES string of the molecule is CC(=O)OC1C(C)C2CC3OC(=O)CC4C(=O)CCC(C2(C)C(OC(C)=O)C1OC(C)=O)C34CC(=O)[Se]c1ccccc1. The third-order valence-electron chi connectivity index (χ3n) is 10.3. The number of hydrogen-bond donors (Lipinski definition) is 0. The molecule has 1 aromatic rings. The van der Waals surface area contributed by atoms with E-state index < -0.39 is 91.8 Å². The predicted molar refractivity (Wildman–Crippen MR) is 152 cm³/mol. The van der Waals surface area contributed by atoms with Crippen molar-refractivity contribution in [3.63, 3.8) is 0 Å². The van der Waals surface area contributed by atoms with E-state index in [-0.39, 0.29) is 42.1 Å². The molecular weight excluding hydrogens is 623 g/mol. The van der Waals surface area contributed by atoms with Crippen LogP contribution in [0.2, 0.25) is 0 Å². The van der Waals surface area contributed by atoms with Crippen molar-refractivity contribution in [2.75, 3.05) is 0 Å². The van der Waals surface area contributed by atoms with Crippen molar-refractivity contribution in [1.82, 2.24) is 0 Å². The normalized spacial score (nSPS) is 38.1. The van der Waals surface area contributed by atoms with E-state index in [0.717, 1.165) is 4.46 Å². The zero-order valence-electron chi connectivity index (χ0n) is 25.0. The van der Waals surface area contributed by atoms with Crippen LogP contribution in [0.3, 0.4) is 0 Å². The first-order chi connectivity index (χ1) is 20.3. The summed E-state index contributed by atoms with van der Waals surface area (Å²) in [5, 5.41) is 0. The number of hydrogen-bond acceptors (Lipinski definition) is 10. The van der Waals surface area contributed by atoms with E-state index in [1.54, 1.807) is 0 Å². The van der Waals surface area contributed by atoms with E-state index in [1.165, 1.54) is 20.8 Å². The molecule has 11 heteroatoms. The summed E-state index contributed by atoms with van der Waals surface area (Å²) in [7, 11) is 0. The molecule has 0 amide bonds. The summed E-state index contributed by atoms with van der Waals surface area (Å²) >= 11 is -0.535. The Balaban J connectivity index is 1.66. The van der Waals surface area contributed by atoms with Crippen LogP contribution >= 0.6 is 0 Å². The Morgan fingerprint density at radius 3 is 2.21 bits per heavy atom. The Morgan fingerprint density at radius 2 is 1.58 bits per heavy atom. The number of fused-ring (bicyclic) bond motifs is 2. The quantitative estimate of drug-likeness (QED) is 0.243. The van der Waals surface area contributed by atoms with Crippen LogP contribution in [0.1, 0.15) is 66.7 Å². The number of ether oxygens (including phenoxy) is 4. The van der Waals surface area contributed by atoms with Gasteiger partial charge in [0.1, 0.15) is 0 Å². The predicted octanol–water partition coefficient (Wildman–Crippen LogP) is 2.30. The summed E-state index contributed by atoms with van der Waals surface area (Å²) < 4.78 is 24.5. The Labute approximate surface area is 257 Å². The fourth-order valence-electron chi connectivity index (χ4n) is 8.98. The zero-order chi connectivity index (χ0) is 31.3. The summed E-state index contributed by atoms with van der Waals surface area (Å²) in [4.78, 5) is 77.7. The Morgan fingerprint density at radius 1 is 0.953 bits per heavy atom. The molecule has 5 rings (SSSR count). The van der Waals surface area contributed by atoms with Gasteiger partial charge in [-0.2, -0.15) is 0 Å². The van der Waals surface area contributed by atoms with E-state index in [0.29, 0.717) is 6.42 Å². The average Bonchev–Trinajstić information content (AvgIpc) is 2.91. The summed E-state index contributed by atoms with van der Waals surface area (Å²) in [5.41, 5.74) is -1.93. The van der Waals surface area contributed by atoms with Crippen LogP contribution in [0.25, 0.3) is 0 Å². The number of esters is 4. The van der Waals surface area contributed by atoms with Gasteiger partial charge in [0, 0.05) is 0 Å². The molecule has 0 bridgehead atoms. The topological polar surface area (TPSA) is 139 Å². The molecule has 10 nitrogen and oxygen atoms in total. The number of benzene rings is 1. The molecule has 3 aliphatic carbocycles. The van der Waals surface area contributed by atoms with Gasteiger partial charge in [-0.1, -0.05) is 0 Å². The van der Waals surface area contributed by atoms with Crippen LogP contribution in [0.5, 0.6) is 0 Å². The number of Topliss-reactive ketones (excluding diaryl/α,β-unsaturated/α-hetero) is 1. The second kappa shape index (κ2) is 11.8. The van der Waals surface area contributed by atoms with Crippen LogP contribution in [-0.4, -0.2) is 73.7 Å². The van der Waals surface area contributed by atoms with E-state index in [4.69, 9.17) is 18.9 Å². The number of ketones is 1. The molecule has 0 aromatic heterocycles. The minimum atomic E-state index is -1.11. The van der Waals surface area contributed by atoms with Gasteiger partial charge in [0.15, 0.2) is 0 Å². The summed E-state index contributed by atoms with van der Waals surface area (Å²) in [6.07, 6.45) is -3.03. The fourth-order valence-corrected chi connectivity index (χ4v) is 10.8. The van der Waals surface area contributed by atoms with Crippen molar-refractivity contribution >= 4 is 53.8 Å². The van der Waals surface area contributed by atoms with E-state index in [1.807, 2.05) is 44.2 Å². The van der Waals surface area contributed by atoms with Crippen LogP contribution in [0.4, 0.5) is 0 Å². The average molecular weight is 662 g/mol. The van der Waals surface area contributed by atoms with Crippen molar-refractivity contribution in [2.45, 2.75) is 91.1 Å². The van der Waals surface area contributed by atoms with Gasteiger partial charge in [-0.25, -0.2) is 0 Å². The molecule has 1 aromatic carbocycles. The van der Waals surface area contributed by atoms with Gasteiger partial charge in [-0.15, -0.1) is 0 Å². The second-order valence-electron chi connectivity index (χ2n) is 12.6. The molecule has 43 heavy (non-hydrogen) atoms. The maximum atomic E-state index is 13.9. The van der Waals surface area contributed by atoms with Gasteiger partial charge < -0.3 is 0 Å². The first-order valence-corrected chi connectivity index (χ1v) is 16.5. The van der Waals surface area contributed by atoms with Crippen LogP contribution in [0, 0.1) is 34.5 Å². The van der Waals surface area contributed by atoms with E-state index in [9.17, 15) is 28.8 Å². The van der Waals surface area contributed by atoms with E-state index >= 15 is 0 Å². The number of carbonyl (C=O) groups excluding carboxylic acids is 6. The summed E-state index contributed by atoms with van der Waals surface area (Å²) in [6, 6.07) is 9.43. The zero-order valence-corrected chi connectivity index (χ0v) is 26.7. The molecule has 4 aliphatic rings. The molecule has 232 valence electrons. The molecule has 1 heterocycles. The standard InChI is InChI=1S/C32H38O10Se/c1-16-21-13-25-32(15-27(38)43-20-9-7-6-8-10-20)22(14-26(37)42-25)23(36)11-12-24(32)31(21,5)30(41-19(4)35)29(40-18(3)34)28(16)39-17(2)33/h6-10,16,21-22,24-25,28-30H,11-15H2,1-5H3. The molecule has 1 saturated heterocycles. The fraction of sp³-hybridized carbons (Fsp3) is 0.625. The van der Waals surface area contributed by atoms with Crippen molar-refractivity contribution < 1.29 is 47.7 Å². The van der Waals surface area contributed by atoms with Gasteiger partial charge in [0.2, 0.25) is 0 Å². The van der Waals surface area contributed by atoms with E-state index in [2.05, 4.69) is 0 Å². The minimum absolute atomic E-state index is 0.0179. The maximum absolute atomic E-state index is 13.9. The summed E-state index contributed by atoms with van der Waals surface area (Å²) in [5.74, 6) is -4.20. The van der Waals surface area contributed by atoms with Crippen LogP contribution in [0.15, 0.2) is 30.3 Å². The van der Waals surface area contributed by atoms with Crippen LogP contribution in [-0.2, 0) is 47.7 Å². The van der Waals surface area contributed by atoms with Gasteiger partial charge in [-0.3, -0.25) is 0 Å². The Bertz CT molecular complexity index is 1330. The van der Waals surface area contributed by atoms with Gasteiger partial charge in [0.25, 0.3) is 0 Å². The summed E-state index contributed by atoms with van der Waals surface area (Å²) in [6.45, 7) is 7.64. The first-order valence-electron chi connectivity index (χ1n) is 14.8. The molecule has 10 unspecified atom stereocenters. The van der Waals surface area contributed by atoms with Crippen molar-refractivity contribution in [1.29, 1.82) is 0 Å². The molecule has 0 N–H and O–H groups in total. The third-order valence-corrected chi connectivity index (χ3v) is 12.2.